The minimum Gasteiger partial charge on any atom is -0.450 e. The average molecular weight is 390 g/mol. The van der Waals surface area contributed by atoms with Crippen LogP contribution in [0.4, 0.5) is 4.79 Å². The van der Waals surface area contributed by atoms with Crippen molar-refractivity contribution in [3.05, 3.63) is 35.9 Å². The number of benzene rings is 1. The molecule has 28 heavy (non-hydrogen) atoms. The molecule has 0 aliphatic heterocycles. The molecule has 154 valence electrons. The van der Waals surface area contributed by atoms with E-state index in [2.05, 4.69) is 22.3 Å². The first kappa shape index (κ1) is 23.1. The van der Waals surface area contributed by atoms with Crippen LogP contribution < -0.4 is 16.9 Å². The van der Waals surface area contributed by atoms with Gasteiger partial charge in [-0.3, -0.25) is 9.79 Å². The number of amides is 2. The lowest BCUT2D eigenvalue weighted by molar-refractivity contribution is -0.118. The third-order valence-corrected chi connectivity index (χ3v) is 4.03. The number of nitrogens with two attached hydrogens (primary N) is 2. The summed E-state index contributed by atoms with van der Waals surface area (Å²) >= 11 is 0. The molecule has 1 rings (SSSR count). The van der Waals surface area contributed by atoms with Gasteiger partial charge in [-0.25, -0.2) is 4.79 Å². The summed E-state index contributed by atoms with van der Waals surface area (Å²) in [6, 6.07) is 9.13. The number of primary amides is 1. The Bertz CT molecular complexity index is 647. The molecule has 0 aliphatic rings. The second-order valence-corrected chi connectivity index (χ2v) is 6.39. The zero-order chi connectivity index (χ0) is 20.6. The Labute approximate surface area is 166 Å². The van der Waals surface area contributed by atoms with E-state index in [1.54, 1.807) is 0 Å². The van der Waals surface area contributed by atoms with Crippen molar-refractivity contribution in [3.63, 3.8) is 0 Å². The van der Waals surface area contributed by atoms with Crippen molar-refractivity contribution >= 4 is 23.9 Å². The number of carbonyl (C=O) groups is 2. The van der Waals surface area contributed by atoms with Crippen LogP contribution in [0.15, 0.2) is 40.4 Å². The van der Waals surface area contributed by atoms with E-state index in [4.69, 9.17) is 16.3 Å². The lowest BCUT2D eigenvalue weighted by Crippen LogP contribution is -2.44. The molecule has 5 N–H and O–H groups in total. The number of nitrogens with one attached hydrogen (secondary N) is 1. The number of nitrogens with zero attached hydrogens (tertiary/aromatic N) is 2. The third-order valence-electron chi connectivity index (χ3n) is 4.03. The highest BCUT2D eigenvalue weighted by atomic mass is 16.5. The second-order valence-electron chi connectivity index (χ2n) is 6.39. The third kappa shape index (κ3) is 10.3. The van der Waals surface area contributed by atoms with E-state index in [1.807, 2.05) is 30.3 Å². The van der Waals surface area contributed by atoms with Crippen LogP contribution in [-0.4, -0.2) is 43.1 Å². The Morgan fingerprint density at radius 2 is 1.96 bits per heavy atom. The Morgan fingerprint density at radius 3 is 2.61 bits per heavy atom. The van der Waals surface area contributed by atoms with Crippen LogP contribution >= 0.6 is 0 Å². The monoisotopic (exact) mass is 389 g/mol. The Morgan fingerprint density at radius 1 is 1.21 bits per heavy atom. The molecule has 1 aromatic rings. The number of carbonyl (C=O) groups excluding carboxylic acids is 2. The van der Waals surface area contributed by atoms with Crippen molar-refractivity contribution in [3.8, 4) is 0 Å². The number of alkyl carbamates (subject to hydrolysis) is 1. The molecule has 0 radical (unpaired) electrons. The molecule has 2 amide bonds. The highest BCUT2D eigenvalue weighted by molar-refractivity contribution is 6.33. The molecule has 0 aromatic heterocycles. The summed E-state index contributed by atoms with van der Waals surface area (Å²) in [6.45, 7) is 2.95. The summed E-state index contributed by atoms with van der Waals surface area (Å²) in [5, 5.41) is 6.23. The van der Waals surface area contributed by atoms with E-state index in [0.717, 1.165) is 37.7 Å². The number of hydrogen-bond donors (Lipinski definition) is 3. The molecule has 0 bridgehead atoms. The molecular weight excluding hydrogens is 358 g/mol. The number of rotatable bonds is 13. The highest BCUT2D eigenvalue weighted by Crippen LogP contribution is 2.01. The first-order valence-electron chi connectivity index (χ1n) is 9.60. The molecular formula is C20H31N5O3. The fraction of sp³-hybridized carbons (Fsp3) is 0.500. The van der Waals surface area contributed by atoms with E-state index in [0.29, 0.717) is 13.2 Å². The number of aliphatic imine (C=N–C) groups is 1. The van der Waals surface area contributed by atoms with Crippen LogP contribution in [0.3, 0.4) is 0 Å². The number of ether oxygens (including phenoxy) is 1. The van der Waals surface area contributed by atoms with E-state index in [9.17, 15) is 9.59 Å². The highest BCUT2D eigenvalue weighted by Gasteiger charge is 2.20. The van der Waals surface area contributed by atoms with Gasteiger partial charge < -0.3 is 21.6 Å². The minimum absolute atomic E-state index is 0.147. The SMILES string of the molecule is CCCCCCOC(=O)N[C@H](CC(N)=O)C(C=NCCc1ccccc1)=NN. The predicted molar refractivity (Wildman–Crippen MR) is 111 cm³/mol. The summed E-state index contributed by atoms with van der Waals surface area (Å²) in [4.78, 5) is 27.6. The van der Waals surface area contributed by atoms with Crippen molar-refractivity contribution in [1.82, 2.24) is 5.32 Å². The van der Waals surface area contributed by atoms with Crippen LogP contribution in [0.2, 0.25) is 0 Å². The van der Waals surface area contributed by atoms with Gasteiger partial charge in [0, 0.05) is 12.8 Å². The molecule has 0 fully saturated rings. The minimum atomic E-state index is -0.786. The molecule has 0 heterocycles. The van der Waals surface area contributed by atoms with Crippen molar-refractivity contribution in [1.29, 1.82) is 0 Å². The average Bonchev–Trinajstić information content (AvgIpc) is 2.68. The largest absolute Gasteiger partial charge is 0.450 e. The Balaban J connectivity index is 2.55. The van der Waals surface area contributed by atoms with Gasteiger partial charge in [-0.15, -0.1) is 0 Å². The topological polar surface area (TPSA) is 132 Å². The van der Waals surface area contributed by atoms with Crippen LogP contribution in [-0.2, 0) is 16.0 Å². The van der Waals surface area contributed by atoms with Crippen molar-refractivity contribution in [2.75, 3.05) is 13.2 Å². The lowest BCUT2D eigenvalue weighted by atomic mass is 10.1. The molecule has 0 unspecified atom stereocenters. The predicted octanol–water partition coefficient (Wildman–Crippen LogP) is 2.17. The van der Waals surface area contributed by atoms with Gasteiger partial charge in [0.05, 0.1) is 19.1 Å². The first-order valence-corrected chi connectivity index (χ1v) is 9.60. The summed E-state index contributed by atoms with van der Waals surface area (Å²) in [5.74, 6) is 4.84. The van der Waals surface area contributed by atoms with Crippen molar-refractivity contribution < 1.29 is 14.3 Å². The molecule has 1 atom stereocenters. The molecule has 8 heteroatoms. The van der Waals surface area contributed by atoms with Gasteiger partial charge in [0.1, 0.15) is 5.71 Å². The number of hydrazone groups is 1. The van der Waals surface area contributed by atoms with Gasteiger partial charge in [-0.2, -0.15) is 5.10 Å². The Kier molecular flexibility index (Phi) is 11.7. The van der Waals surface area contributed by atoms with Gasteiger partial charge in [0.2, 0.25) is 5.91 Å². The van der Waals surface area contributed by atoms with Gasteiger partial charge in [-0.1, -0.05) is 56.5 Å². The van der Waals surface area contributed by atoms with Crippen LogP contribution in [0.1, 0.15) is 44.6 Å². The molecule has 1 aromatic carbocycles. The summed E-state index contributed by atoms with van der Waals surface area (Å²) in [7, 11) is 0. The molecule has 0 aliphatic carbocycles. The fourth-order valence-corrected chi connectivity index (χ4v) is 2.52. The maximum absolute atomic E-state index is 12.0. The van der Waals surface area contributed by atoms with Gasteiger partial charge in [0.25, 0.3) is 0 Å². The van der Waals surface area contributed by atoms with Crippen LogP contribution in [0, 0.1) is 0 Å². The van der Waals surface area contributed by atoms with Gasteiger partial charge in [0.15, 0.2) is 0 Å². The molecule has 8 nitrogen and oxygen atoms in total. The standard InChI is InChI=1S/C20H31N5O3/c1-2-3-4-8-13-28-20(27)24-17(14-19(21)26)18(25-22)15-23-12-11-16-9-6-5-7-10-16/h5-7,9-10,15,17H,2-4,8,11-14,22H2,1H3,(H2,21,26)(H,24,27)/t17-/m1/s1. The van der Waals surface area contributed by atoms with E-state index in [1.165, 1.54) is 6.21 Å². The van der Waals surface area contributed by atoms with E-state index < -0.39 is 18.0 Å². The Hall–Kier alpha value is -2.90. The summed E-state index contributed by atoms with van der Waals surface area (Å²) in [6.07, 6.45) is 5.41. The molecule has 0 saturated heterocycles. The molecule has 0 saturated carbocycles. The van der Waals surface area contributed by atoms with Crippen LogP contribution in [0.25, 0.3) is 0 Å². The zero-order valence-electron chi connectivity index (χ0n) is 16.5. The smallest absolute Gasteiger partial charge is 0.407 e. The second kappa shape index (κ2) is 14.2. The summed E-state index contributed by atoms with van der Waals surface area (Å²) < 4.78 is 5.14. The van der Waals surface area contributed by atoms with E-state index >= 15 is 0 Å². The van der Waals surface area contributed by atoms with Crippen molar-refractivity contribution in [2.24, 2.45) is 21.7 Å². The fourth-order valence-electron chi connectivity index (χ4n) is 2.52. The number of hydrogen-bond acceptors (Lipinski definition) is 6. The van der Waals surface area contributed by atoms with Gasteiger partial charge >= 0.3 is 6.09 Å². The van der Waals surface area contributed by atoms with Crippen LogP contribution in [0.5, 0.6) is 0 Å². The van der Waals surface area contributed by atoms with E-state index in [-0.39, 0.29) is 12.1 Å². The maximum atomic E-state index is 12.0. The maximum Gasteiger partial charge on any atom is 0.407 e. The van der Waals surface area contributed by atoms with Gasteiger partial charge in [-0.05, 0) is 18.4 Å². The first-order chi connectivity index (χ1) is 13.6. The molecule has 0 spiro atoms. The lowest BCUT2D eigenvalue weighted by Gasteiger charge is -2.16. The summed E-state index contributed by atoms with van der Waals surface area (Å²) in [5.41, 5.74) is 6.69. The normalized spacial score (nSPS) is 12.7. The van der Waals surface area contributed by atoms with Crippen molar-refractivity contribution in [2.45, 2.75) is 51.5 Å². The quantitative estimate of drug-likeness (QED) is 0.206. The number of unbranched alkanes of at least 4 members (excludes halogenated alkanes) is 3. The zero-order valence-corrected chi connectivity index (χ0v) is 16.5.